The SMILES string of the molecule is CCN(CC)CCOCCNC(=O)CCC(=O)c1ccc(C)cc1. The highest BCUT2D eigenvalue weighted by molar-refractivity contribution is 5.97. The number of benzene rings is 1. The number of nitrogens with zero attached hydrogens (tertiary/aromatic N) is 1. The van der Waals surface area contributed by atoms with E-state index in [2.05, 4.69) is 24.1 Å². The maximum atomic E-state index is 12.0. The van der Waals surface area contributed by atoms with Gasteiger partial charge in [-0.05, 0) is 20.0 Å². The van der Waals surface area contributed by atoms with Crippen molar-refractivity contribution in [2.45, 2.75) is 33.6 Å². The number of ether oxygens (including phenoxy) is 1. The number of rotatable bonds is 12. The number of likely N-dealkylation sites (N-methyl/N-ethyl adjacent to an activating group) is 1. The molecule has 0 saturated carbocycles. The van der Waals surface area contributed by atoms with E-state index in [9.17, 15) is 9.59 Å². The standard InChI is InChI=1S/C19H30N2O3/c1-4-21(5-2)13-15-24-14-12-20-19(23)11-10-18(22)17-8-6-16(3)7-9-17/h6-9H,4-5,10-15H2,1-3H3,(H,20,23). The number of aryl methyl sites for hydroxylation is 1. The van der Waals surface area contributed by atoms with Gasteiger partial charge in [-0.2, -0.15) is 0 Å². The Balaban J connectivity index is 2.09. The molecule has 1 amide bonds. The van der Waals surface area contributed by atoms with Gasteiger partial charge in [-0.1, -0.05) is 43.7 Å². The van der Waals surface area contributed by atoms with Crippen LogP contribution >= 0.6 is 0 Å². The minimum Gasteiger partial charge on any atom is -0.378 e. The minimum atomic E-state index is -0.109. The van der Waals surface area contributed by atoms with E-state index in [-0.39, 0.29) is 24.5 Å². The Hall–Kier alpha value is -1.72. The first-order valence-electron chi connectivity index (χ1n) is 8.73. The van der Waals surface area contributed by atoms with Crippen LogP contribution < -0.4 is 5.32 Å². The fourth-order valence-electron chi connectivity index (χ4n) is 2.30. The van der Waals surface area contributed by atoms with Crippen molar-refractivity contribution in [3.63, 3.8) is 0 Å². The van der Waals surface area contributed by atoms with Gasteiger partial charge in [0.25, 0.3) is 0 Å². The third-order valence-corrected chi connectivity index (χ3v) is 3.97. The lowest BCUT2D eigenvalue weighted by Crippen LogP contribution is -2.30. The van der Waals surface area contributed by atoms with Crippen molar-refractivity contribution in [2.75, 3.05) is 39.4 Å². The summed E-state index contributed by atoms with van der Waals surface area (Å²) in [7, 11) is 0. The molecule has 1 aromatic carbocycles. The number of hydrogen-bond donors (Lipinski definition) is 1. The van der Waals surface area contributed by atoms with Crippen molar-refractivity contribution in [2.24, 2.45) is 0 Å². The molecular weight excluding hydrogens is 304 g/mol. The molecule has 24 heavy (non-hydrogen) atoms. The summed E-state index contributed by atoms with van der Waals surface area (Å²) in [6, 6.07) is 7.42. The number of carbonyl (C=O) groups is 2. The van der Waals surface area contributed by atoms with Gasteiger partial charge in [0.15, 0.2) is 5.78 Å². The fraction of sp³-hybridized carbons (Fsp3) is 0.579. The van der Waals surface area contributed by atoms with Gasteiger partial charge in [0, 0.05) is 31.5 Å². The van der Waals surface area contributed by atoms with Crippen molar-refractivity contribution in [3.05, 3.63) is 35.4 Å². The molecule has 0 bridgehead atoms. The van der Waals surface area contributed by atoms with Crippen molar-refractivity contribution in [3.8, 4) is 0 Å². The molecule has 5 nitrogen and oxygen atoms in total. The second-order valence-electron chi connectivity index (χ2n) is 5.78. The molecule has 0 spiro atoms. The number of hydrogen-bond acceptors (Lipinski definition) is 4. The molecule has 5 heteroatoms. The Labute approximate surface area is 145 Å². The second-order valence-corrected chi connectivity index (χ2v) is 5.78. The molecule has 0 aromatic heterocycles. The molecule has 1 aromatic rings. The van der Waals surface area contributed by atoms with Gasteiger partial charge in [-0.25, -0.2) is 0 Å². The first kappa shape index (κ1) is 20.3. The van der Waals surface area contributed by atoms with Crippen LogP contribution in [-0.2, 0) is 9.53 Å². The fourth-order valence-corrected chi connectivity index (χ4v) is 2.30. The molecule has 0 saturated heterocycles. The molecule has 0 atom stereocenters. The van der Waals surface area contributed by atoms with Crippen LogP contribution in [0.2, 0.25) is 0 Å². The lowest BCUT2D eigenvalue weighted by molar-refractivity contribution is -0.121. The molecule has 0 radical (unpaired) electrons. The average Bonchev–Trinajstić information content (AvgIpc) is 2.59. The third-order valence-electron chi connectivity index (χ3n) is 3.97. The van der Waals surface area contributed by atoms with E-state index >= 15 is 0 Å². The Bertz CT molecular complexity index is 496. The lowest BCUT2D eigenvalue weighted by Gasteiger charge is -2.17. The normalized spacial score (nSPS) is 10.8. The van der Waals surface area contributed by atoms with Crippen LogP contribution in [0, 0.1) is 6.92 Å². The minimum absolute atomic E-state index is 0.000577. The summed E-state index contributed by atoms with van der Waals surface area (Å²) in [5.74, 6) is -0.108. The van der Waals surface area contributed by atoms with Crippen LogP contribution in [0.4, 0.5) is 0 Å². The Kier molecular flexibility index (Phi) is 9.96. The average molecular weight is 334 g/mol. The molecule has 0 heterocycles. The summed E-state index contributed by atoms with van der Waals surface area (Å²) in [6.07, 6.45) is 0.448. The van der Waals surface area contributed by atoms with Crippen LogP contribution in [0.15, 0.2) is 24.3 Å². The Morgan fingerprint density at radius 3 is 2.33 bits per heavy atom. The number of nitrogens with one attached hydrogen (secondary N) is 1. The Morgan fingerprint density at radius 2 is 1.71 bits per heavy atom. The van der Waals surface area contributed by atoms with E-state index < -0.39 is 0 Å². The summed E-state index contributed by atoms with van der Waals surface area (Å²) < 4.78 is 5.50. The van der Waals surface area contributed by atoms with Crippen LogP contribution in [-0.4, -0.2) is 56.0 Å². The van der Waals surface area contributed by atoms with E-state index in [1.165, 1.54) is 0 Å². The van der Waals surface area contributed by atoms with Gasteiger partial charge in [0.05, 0.1) is 13.2 Å². The summed E-state index contributed by atoms with van der Waals surface area (Å²) in [4.78, 5) is 26.0. The first-order valence-corrected chi connectivity index (χ1v) is 8.73. The maximum Gasteiger partial charge on any atom is 0.220 e. The van der Waals surface area contributed by atoms with E-state index in [1.54, 1.807) is 12.1 Å². The smallest absolute Gasteiger partial charge is 0.220 e. The van der Waals surface area contributed by atoms with Gasteiger partial charge in [0.2, 0.25) is 5.91 Å². The highest BCUT2D eigenvalue weighted by atomic mass is 16.5. The Morgan fingerprint density at radius 1 is 1.04 bits per heavy atom. The summed E-state index contributed by atoms with van der Waals surface area (Å²) in [5, 5.41) is 2.78. The van der Waals surface area contributed by atoms with E-state index in [4.69, 9.17) is 4.74 Å². The predicted octanol–water partition coefficient (Wildman–Crippen LogP) is 2.43. The van der Waals surface area contributed by atoms with E-state index in [1.807, 2.05) is 19.1 Å². The van der Waals surface area contributed by atoms with Crippen LogP contribution in [0.25, 0.3) is 0 Å². The molecule has 134 valence electrons. The van der Waals surface area contributed by atoms with E-state index in [0.29, 0.717) is 25.3 Å². The molecule has 0 aliphatic rings. The maximum absolute atomic E-state index is 12.0. The first-order chi connectivity index (χ1) is 11.6. The van der Waals surface area contributed by atoms with Gasteiger partial charge in [0.1, 0.15) is 0 Å². The molecule has 0 unspecified atom stereocenters. The summed E-state index contributed by atoms with van der Waals surface area (Å²) in [6.45, 7) is 10.8. The van der Waals surface area contributed by atoms with Gasteiger partial charge < -0.3 is 15.0 Å². The lowest BCUT2D eigenvalue weighted by atomic mass is 10.1. The van der Waals surface area contributed by atoms with Crippen molar-refractivity contribution in [1.82, 2.24) is 10.2 Å². The zero-order valence-corrected chi connectivity index (χ0v) is 15.1. The number of carbonyl (C=O) groups excluding carboxylic acids is 2. The van der Waals surface area contributed by atoms with Gasteiger partial charge >= 0.3 is 0 Å². The monoisotopic (exact) mass is 334 g/mol. The topological polar surface area (TPSA) is 58.6 Å². The number of amides is 1. The molecule has 0 aliphatic carbocycles. The molecule has 1 rings (SSSR count). The van der Waals surface area contributed by atoms with Gasteiger partial charge in [-0.15, -0.1) is 0 Å². The van der Waals surface area contributed by atoms with Crippen LogP contribution in [0.3, 0.4) is 0 Å². The van der Waals surface area contributed by atoms with Crippen LogP contribution in [0.5, 0.6) is 0 Å². The van der Waals surface area contributed by atoms with E-state index in [0.717, 1.165) is 25.2 Å². The van der Waals surface area contributed by atoms with Gasteiger partial charge in [-0.3, -0.25) is 9.59 Å². The number of Topliss-reactive ketones (excluding diaryl/α,β-unsaturated/α-hetero) is 1. The predicted molar refractivity (Wildman–Crippen MR) is 96.4 cm³/mol. The highest BCUT2D eigenvalue weighted by Crippen LogP contribution is 2.07. The summed E-state index contributed by atoms with van der Waals surface area (Å²) in [5.41, 5.74) is 1.78. The zero-order chi connectivity index (χ0) is 17.8. The van der Waals surface area contributed by atoms with Crippen molar-refractivity contribution in [1.29, 1.82) is 0 Å². The third kappa shape index (κ3) is 8.22. The van der Waals surface area contributed by atoms with Crippen LogP contribution in [0.1, 0.15) is 42.6 Å². The second kappa shape index (κ2) is 11.8. The zero-order valence-electron chi connectivity index (χ0n) is 15.1. The number of ketones is 1. The van der Waals surface area contributed by atoms with Crippen molar-refractivity contribution >= 4 is 11.7 Å². The molecule has 0 fully saturated rings. The van der Waals surface area contributed by atoms with Crippen molar-refractivity contribution < 1.29 is 14.3 Å². The molecule has 0 aliphatic heterocycles. The highest BCUT2D eigenvalue weighted by Gasteiger charge is 2.09. The summed E-state index contributed by atoms with van der Waals surface area (Å²) >= 11 is 0. The quantitative estimate of drug-likeness (QED) is 0.471. The molecule has 1 N–H and O–H groups in total. The molecular formula is C19H30N2O3. The largest absolute Gasteiger partial charge is 0.378 e.